The molecular formula is C11H9N2O2. The van der Waals surface area contributed by atoms with Crippen molar-refractivity contribution in [2.24, 2.45) is 0 Å². The topological polar surface area (TPSA) is 75.9 Å². The van der Waals surface area contributed by atoms with E-state index >= 15 is 0 Å². The predicted molar refractivity (Wildman–Crippen MR) is 54.3 cm³/mol. The fourth-order valence-corrected chi connectivity index (χ4v) is 1.48. The highest BCUT2D eigenvalue weighted by molar-refractivity contribution is 6.01. The lowest BCUT2D eigenvalue weighted by Crippen LogP contribution is -2.17. The van der Waals surface area contributed by atoms with Crippen molar-refractivity contribution in [3.63, 3.8) is 0 Å². The van der Waals surface area contributed by atoms with E-state index in [0.717, 1.165) is 0 Å². The van der Waals surface area contributed by atoms with Gasteiger partial charge in [-0.2, -0.15) is 0 Å². The summed E-state index contributed by atoms with van der Waals surface area (Å²) in [6.45, 7) is 0. The highest BCUT2D eigenvalue weighted by atomic mass is 16.3. The zero-order chi connectivity index (χ0) is 10.8. The number of aromatic nitrogens is 1. The number of ketones is 1. The molecule has 1 heterocycles. The maximum atomic E-state index is 11.6. The third kappa shape index (κ3) is 1.61. The molecule has 0 saturated heterocycles. The minimum atomic E-state index is -0.635. The molecule has 1 aromatic heterocycles. The molecule has 0 aliphatic heterocycles. The number of nitrogens with zero attached hydrogens (tertiary/aromatic N) is 1. The largest absolute Gasteiger partial charge is 0.397 e. The highest BCUT2D eigenvalue weighted by Crippen LogP contribution is 2.26. The van der Waals surface area contributed by atoms with Crippen molar-refractivity contribution in [1.29, 1.82) is 0 Å². The SMILES string of the molecule is Nc1cccnc1C1C=CC=C([O])C1=O. The lowest BCUT2D eigenvalue weighted by molar-refractivity contribution is -0.119. The maximum Gasteiger partial charge on any atom is 0.222 e. The third-order valence-electron chi connectivity index (χ3n) is 2.24. The van der Waals surface area contributed by atoms with Crippen molar-refractivity contribution in [1.82, 2.24) is 4.98 Å². The Balaban J connectivity index is 2.42. The van der Waals surface area contributed by atoms with E-state index in [4.69, 9.17) is 5.73 Å². The van der Waals surface area contributed by atoms with Gasteiger partial charge in [-0.05, 0) is 18.2 Å². The van der Waals surface area contributed by atoms with Crippen LogP contribution in [-0.2, 0) is 9.90 Å². The number of nitrogen functional groups attached to an aromatic ring is 1. The molecule has 15 heavy (non-hydrogen) atoms. The summed E-state index contributed by atoms with van der Waals surface area (Å²) in [4.78, 5) is 15.6. The van der Waals surface area contributed by atoms with Crippen LogP contribution >= 0.6 is 0 Å². The number of Topliss-reactive ketones (excluding diaryl/α,β-unsaturated/α-hetero) is 1. The van der Waals surface area contributed by atoms with Gasteiger partial charge in [0.25, 0.3) is 0 Å². The van der Waals surface area contributed by atoms with E-state index < -0.39 is 17.5 Å². The van der Waals surface area contributed by atoms with Crippen LogP contribution < -0.4 is 5.73 Å². The van der Waals surface area contributed by atoms with E-state index in [0.29, 0.717) is 11.4 Å². The summed E-state index contributed by atoms with van der Waals surface area (Å²) in [7, 11) is 0. The number of pyridine rings is 1. The molecule has 75 valence electrons. The van der Waals surface area contributed by atoms with E-state index in [1.165, 1.54) is 6.08 Å². The van der Waals surface area contributed by atoms with Crippen molar-refractivity contribution in [2.75, 3.05) is 5.73 Å². The maximum absolute atomic E-state index is 11.6. The molecule has 1 radical (unpaired) electrons. The molecule has 1 aromatic rings. The molecule has 1 atom stereocenters. The van der Waals surface area contributed by atoms with Crippen LogP contribution in [0.3, 0.4) is 0 Å². The Morgan fingerprint density at radius 2 is 2.20 bits per heavy atom. The van der Waals surface area contributed by atoms with E-state index in [2.05, 4.69) is 4.98 Å². The third-order valence-corrected chi connectivity index (χ3v) is 2.24. The van der Waals surface area contributed by atoms with Crippen molar-refractivity contribution in [2.45, 2.75) is 5.92 Å². The van der Waals surface area contributed by atoms with Crippen LogP contribution in [0.25, 0.3) is 0 Å². The summed E-state index contributed by atoms with van der Waals surface area (Å²) >= 11 is 0. The van der Waals surface area contributed by atoms with E-state index in [1.54, 1.807) is 30.5 Å². The average molecular weight is 201 g/mol. The highest BCUT2D eigenvalue weighted by Gasteiger charge is 2.27. The smallest absolute Gasteiger partial charge is 0.222 e. The summed E-state index contributed by atoms with van der Waals surface area (Å²) in [5, 5.41) is 11.2. The number of nitrogens with two attached hydrogens (primary N) is 1. The van der Waals surface area contributed by atoms with Crippen LogP contribution in [0.5, 0.6) is 0 Å². The van der Waals surface area contributed by atoms with E-state index in [9.17, 15) is 9.90 Å². The summed E-state index contributed by atoms with van der Waals surface area (Å²) < 4.78 is 0. The number of hydrogen-bond acceptors (Lipinski definition) is 3. The lowest BCUT2D eigenvalue weighted by Gasteiger charge is -2.13. The van der Waals surface area contributed by atoms with Gasteiger partial charge in [-0.15, -0.1) is 0 Å². The van der Waals surface area contributed by atoms with Gasteiger partial charge in [-0.25, -0.2) is 0 Å². The van der Waals surface area contributed by atoms with E-state index in [1.807, 2.05) is 0 Å². The van der Waals surface area contributed by atoms with Crippen LogP contribution in [0.15, 0.2) is 42.3 Å². The van der Waals surface area contributed by atoms with Gasteiger partial charge >= 0.3 is 0 Å². The molecule has 1 aliphatic rings. The first kappa shape index (κ1) is 9.45. The minimum absolute atomic E-state index is 0.426. The van der Waals surface area contributed by atoms with Gasteiger partial charge in [-0.3, -0.25) is 14.9 Å². The fraction of sp³-hybridized carbons (Fsp3) is 0.0909. The van der Waals surface area contributed by atoms with Crippen LogP contribution in [0.1, 0.15) is 11.6 Å². The predicted octanol–water partition coefficient (Wildman–Crippen LogP) is 1.20. The molecule has 2 rings (SSSR count). The lowest BCUT2D eigenvalue weighted by atomic mass is 9.93. The zero-order valence-electron chi connectivity index (χ0n) is 7.88. The Hall–Kier alpha value is -2.10. The second-order valence-corrected chi connectivity index (χ2v) is 3.24. The standard InChI is InChI=1S/C11H9N2O2/c12-8-4-2-6-13-10(8)7-3-1-5-9(14)11(7)15/h1-7H,12H2. The van der Waals surface area contributed by atoms with Gasteiger partial charge in [0.2, 0.25) is 11.5 Å². The molecule has 0 bridgehead atoms. The quantitative estimate of drug-likeness (QED) is 0.741. The molecule has 4 heteroatoms. The first-order chi connectivity index (χ1) is 7.20. The molecule has 0 fully saturated rings. The van der Waals surface area contributed by atoms with Crippen molar-refractivity contribution in [3.05, 3.63) is 48.0 Å². The van der Waals surface area contributed by atoms with Gasteiger partial charge in [0.05, 0.1) is 17.3 Å². The Labute approximate surface area is 86.8 Å². The Morgan fingerprint density at radius 3 is 2.93 bits per heavy atom. The second kappa shape index (κ2) is 3.57. The molecule has 1 aliphatic carbocycles. The first-order valence-electron chi connectivity index (χ1n) is 4.50. The number of rotatable bonds is 1. The van der Waals surface area contributed by atoms with Crippen LogP contribution in [-0.4, -0.2) is 10.8 Å². The Morgan fingerprint density at radius 1 is 1.40 bits per heavy atom. The number of carbonyl (C=O) groups excluding carboxylic acids is 1. The first-order valence-corrected chi connectivity index (χ1v) is 4.50. The van der Waals surface area contributed by atoms with Gasteiger partial charge in [0, 0.05) is 6.20 Å². The van der Waals surface area contributed by atoms with Crippen LogP contribution in [0.4, 0.5) is 5.69 Å². The summed E-state index contributed by atoms with van der Waals surface area (Å²) in [5.74, 6) is -1.63. The van der Waals surface area contributed by atoms with Crippen molar-refractivity contribution < 1.29 is 9.90 Å². The van der Waals surface area contributed by atoms with Gasteiger partial charge in [0.15, 0.2) is 0 Å². The zero-order valence-corrected chi connectivity index (χ0v) is 7.88. The Bertz CT molecular complexity index is 463. The molecule has 0 aromatic carbocycles. The number of hydrogen-bond donors (Lipinski definition) is 1. The normalized spacial score (nSPS) is 20.1. The molecule has 0 amide bonds. The summed E-state index contributed by atoms with van der Waals surface area (Å²) in [5.41, 5.74) is 6.56. The monoisotopic (exact) mass is 201 g/mol. The Kier molecular flexibility index (Phi) is 2.25. The van der Waals surface area contributed by atoms with Gasteiger partial charge in [0.1, 0.15) is 0 Å². The molecule has 1 unspecified atom stereocenters. The average Bonchev–Trinajstić information content (AvgIpc) is 2.23. The number of anilines is 1. The van der Waals surface area contributed by atoms with Crippen LogP contribution in [0, 0.1) is 0 Å². The molecular weight excluding hydrogens is 192 g/mol. The molecule has 0 spiro atoms. The van der Waals surface area contributed by atoms with Crippen LogP contribution in [0.2, 0.25) is 0 Å². The summed E-state index contributed by atoms with van der Waals surface area (Å²) in [6.07, 6.45) is 5.98. The van der Waals surface area contributed by atoms with E-state index in [-0.39, 0.29) is 0 Å². The van der Waals surface area contributed by atoms with Crippen molar-refractivity contribution in [3.8, 4) is 0 Å². The summed E-state index contributed by atoms with van der Waals surface area (Å²) in [6, 6.07) is 3.34. The van der Waals surface area contributed by atoms with Crippen molar-refractivity contribution >= 4 is 11.5 Å². The van der Waals surface area contributed by atoms with Gasteiger partial charge < -0.3 is 5.73 Å². The number of carbonyl (C=O) groups is 1. The fourth-order valence-electron chi connectivity index (χ4n) is 1.48. The molecule has 2 N–H and O–H groups in total. The minimum Gasteiger partial charge on any atom is -0.397 e. The number of allylic oxidation sites excluding steroid dienone is 4. The molecule has 4 nitrogen and oxygen atoms in total. The second-order valence-electron chi connectivity index (χ2n) is 3.24. The van der Waals surface area contributed by atoms with Gasteiger partial charge in [-0.1, -0.05) is 12.2 Å². The molecule has 0 saturated carbocycles.